The van der Waals surface area contributed by atoms with Gasteiger partial charge in [-0.3, -0.25) is 9.59 Å². The van der Waals surface area contributed by atoms with Crippen LogP contribution in [0.4, 0.5) is 11.4 Å². The highest BCUT2D eigenvalue weighted by Crippen LogP contribution is 2.27. The van der Waals surface area contributed by atoms with Crippen LogP contribution >= 0.6 is 11.6 Å². The number of methoxy groups -OCH3 is 1. The third kappa shape index (κ3) is 4.14. The lowest BCUT2D eigenvalue weighted by Gasteiger charge is -2.09. The second-order valence-corrected chi connectivity index (χ2v) is 5.19. The van der Waals surface area contributed by atoms with Gasteiger partial charge in [-0.1, -0.05) is 17.7 Å². The molecule has 2 amide bonds. The van der Waals surface area contributed by atoms with Gasteiger partial charge in [0.2, 0.25) is 0 Å². The lowest BCUT2D eigenvalue weighted by Crippen LogP contribution is -2.29. The third-order valence-corrected chi connectivity index (χ3v) is 3.31. The third-order valence-electron chi connectivity index (χ3n) is 3.02. The number of carbonyl (C=O) groups is 2. The molecule has 0 heterocycles. The van der Waals surface area contributed by atoms with Gasteiger partial charge >= 0.3 is 11.8 Å². The molecule has 0 radical (unpaired) electrons. The van der Waals surface area contributed by atoms with E-state index in [-0.39, 0.29) is 11.4 Å². The summed E-state index contributed by atoms with van der Waals surface area (Å²) in [4.78, 5) is 23.8. The molecule has 23 heavy (non-hydrogen) atoms. The number of ether oxygens (including phenoxy) is 1. The van der Waals surface area contributed by atoms with Crippen molar-refractivity contribution in [3.05, 3.63) is 47.0 Å². The average Bonchev–Trinajstić information content (AvgIpc) is 2.50. The van der Waals surface area contributed by atoms with Gasteiger partial charge in [0.25, 0.3) is 0 Å². The average molecular weight is 335 g/mol. The Morgan fingerprint density at radius 3 is 2.39 bits per heavy atom. The zero-order chi connectivity index (χ0) is 17.0. The van der Waals surface area contributed by atoms with Crippen molar-refractivity contribution in [1.29, 1.82) is 0 Å². The fraction of sp³-hybridized carbons (Fsp3) is 0.125. The van der Waals surface area contributed by atoms with E-state index in [0.29, 0.717) is 16.5 Å². The number of hydrogen-bond acceptors (Lipinski definition) is 4. The number of rotatable bonds is 3. The molecule has 6 nitrogen and oxygen atoms in total. The van der Waals surface area contributed by atoms with Crippen LogP contribution in [0, 0.1) is 6.92 Å². The number of aryl methyl sites for hydroxylation is 1. The molecule has 0 aliphatic heterocycles. The molecule has 2 aromatic rings. The fourth-order valence-electron chi connectivity index (χ4n) is 1.86. The summed E-state index contributed by atoms with van der Waals surface area (Å²) in [6, 6.07) is 9.29. The summed E-state index contributed by atoms with van der Waals surface area (Å²) in [5, 5.41) is 14.8. The van der Waals surface area contributed by atoms with Gasteiger partial charge in [0.1, 0.15) is 11.5 Å². The molecular formula is C16H15ClN2O4. The van der Waals surface area contributed by atoms with Crippen molar-refractivity contribution >= 4 is 34.8 Å². The largest absolute Gasteiger partial charge is 0.506 e. The van der Waals surface area contributed by atoms with Gasteiger partial charge in [-0.05, 0) is 42.8 Å². The molecule has 0 unspecified atom stereocenters. The Kier molecular flexibility index (Phi) is 5.08. The van der Waals surface area contributed by atoms with Crippen LogP contribution < -0.4 is 15.4 Å². The number of benzene rings is 2. The van der Waals surface area contributed by atoms with Crippen LogP contribution in [-0.4, -0.2) is 24.0 Å². The lowest BCUT2D eigenvalue weighted by molar-refractivity contribution is -0.133. The number of anilines is 2. The SMILES string of the molecule is COc1ccc(NC(=O)C(=O)Nc2ccc(C)cc2O)cc1Cl. The van der Waals surface area contributed by atoms with Crippen molar-refractivity contribution < 1.29 is 19.4 Å². The van der Waals surface area contributed by atoms with Crippen LogP contribution in [0.5, 0.6) is 11.5 Å². The molecule has 0 spiro atoms. The van der Waals surface area contributed by atoms with Gasteiger partial charge in [0.15, 0.2) is 0 Å². The number of phenolic OH excluding ortho intramolecular Hbond substituents is 1. The number of aromatic hydroxyl groups is 1. The van der Waals surface area contributed by atoms with E-state index in [1.165, 1.54) is 25.3 Å². The Morgan fingerprint density at radius 2 is 1.78 bits per heavy atom. The van der Waals surface area contributed by atoms with Gasteiger partial charge in [-0.15, -0.1) is 0 Å². The maximum atomic E-state index is 11.9. The molecule has 0 aliphatic rings. The minimum absolute atomic E-state index is 0.112. The normalized spacial score (nSPS) is 10.0. The van der Waals surface area contributed by atoms with Crippen molar-refractivity contribution in [2.75, 3.05) is 17.7 Å². The molecule has 0 bridgehead atoms. The van der Waals surface area contributed by atoms with Crippen molar-refractivity contribution in [2.45, 2.75) is 6.92 Å². The molecule has 0 saturated carbocycles. The maximum Gasteiger partial charge on any atom is 0.314 e. The first kappa shape index (κ1) is 16.6. The summed E-state index contributed by atoms with van der Waals surface area (Å²) in [5.41, 5.74) is 1.34. The Hall–Kier alpha value is -2.73. The van der Waals surface area contributed by atoms with Gasteiger partial charge in [0.05, 0.1) is 17.8 Å². The maximum absolute atomic E-state index is 11.9. The van der Waals surface area contributed by atoms with Crippen molar-refractivity contribution in [3.63, 3.8) is 0 Å². The van der Waals surface area contributed by atoms with Crippen LogP contribution in [0.3, 0.4) is 0 Å². The van der Waals surface area contributed by atoms with Crippen molar-refractivity contribution in [1.82, 2.24) is 0 Å². The molecule has 0 atom stereocenters. The highest BCUT2D eigenvalue weighted by Gasteiger charge is 2.16. The number of halogens is 1. The van der Waals surface area contributed by atoms with Gasteiger partial charge in [0, 0.05) is 5.69 Å². The first-order chi connectivity index (χ1) is 10.9. The Labute approximate surface area is 138 Å². The molecular weight excluding hydrogens is 320 g/mol. The van der Waals surface area contributed by atoms with Crippen molar-refractivity contribution in [2.24, 2.45) is 0 Å². The van der Waals surface area contributed by atoms with Crippen LogP contribution in [0.15, 0.2) is 36.4 Å². The number of nitrogens with one attached hydrogen (secondary N) is 2. The summed E-state index contributed by atoms with van der Waals surface area (Å²) in [5.74, 6) is -1.44. The fourth-order valence-corrected chi connectivity index (χ4v) is 2.12. The molecule has 0 aliphatic carbocycles. The Bertz CT molecular complexity index is 762. The minimum Gasteiger partial charge on any atom is -0.506 e. The molecule has 0 fully saturated rings. The number of phenols is 1. The highest BCUT2D eigenvalue weighted by molar-refractivity contribution is 6.44. The van der Waals surface area contributed by atoms with E-state index in [9.17, 15) is 14.7 Å². The summed E-state index contributed by atoms with van der Waals surface area (Å²) in [6.45, 7) is 1.80. The zero-order valence-electron chi connectivity index (χ0n) is 12.5. The molecule has 0 aromatic heterocycles. The molecule has 7 heteroatoms. The number of hydrogen-bond donors (Lipinski definition) is 3. The van der Waals surface area contributed by atoms with E-state index in [4.69, 9.17) is 16.3 Å². The van der Waals surface area contributed by atoms with Gasteiger partial charge in [-0.25, -0.2) is 0 Å². The number of carbonyl (C=O) groups excluding carboxylic acids is 2. The van der Waals surface area contributed by atoms with Crippen LogP contribution in [0.25, 0.3) is 0 Å². The van der Waals surface area contributed by atoms with E-state index in [2.05, 4.69) is 10.6 Å². The number of amides is 2. The van der Waals surface area contributed by atoms with E-state index in [1.54, 1.807) is 25.1 Å². The highest BCUT2D eigenvalue weighted by atomic mass is 35.5. The van der Waals surface area contributed by atoms with E-state index < -0.39 is 11.8 Å². The summed E-state index contributed by atoms with van der Waals surface area (Å²) in [6.07, 6.45) is 0. The predicted molar refractivity (Wildman–Crippen MR) is 88.1 cm³/mol. The van der Waals surface area contributed by atoms with Gasteiger partial charge in [-0.2, -0.15) is 0 Å². The van der Waals surface area contributed by atoms with Crippen molar-refractivity contribution in [3.8, 4) is 11.5 Å². The summed E-state index contributed by atoms with van der Waals surface area (Å²) in [7, 11) is 1.47. The summed E-state index contributed by atoms with van der Waals surface area (Å²) < 4.78 is 5.00. The van der Waals surface area contributed by atoms with Crippen LogP contribution in [0.1, 0.15) is 5.56 Å². The summed E-state index contributed by atoms with van der Waals surface area (Å²) >= 11 is 5.95. The second-order valence-electron chi connectivity index (χ2n) is 4.78. The standard InChI is InChI=1S/C16H15ClN2O4/c1-9-3-5-12(13(20)7-9)19-16(22)15(21)18-10-4-6-14(23-2)11(17)8-10/h3-8,20H,1-2H3,(H,18,21)(H,19,22). The van der Waals surface area contributed by atoms with Crippen LogP contribution in [0.2, 0.25) is 5.02 Å². The van der Waals surface area contributed by atoms with Gasteiger partial charge < -0.3 is 20.5 Å². The topological polar surface area (TPSA) is 87.7 Å². The van der Waals surface area contributed by atoms with E-state index >= 15 is 0 Å². The Balaban J connectivity index is 2.05. The molecule has 3 N–H and O–H groups in total. The first-order valence-electron chi connectivity index (χ1n) is 6.66. The zero-order valence-corrected chi connectivity index (χ0v) is 13.3. The second kappa shape index (κ2) is 7.02. The van der Waals surface area contributed by atoms with E-state index in [0.717, 1.165) is 5.56 Å². The molecule has 2 aromatic carbocycles. The lowest BCUT2D eigenvalue weighted by atomic mass is 10.2. The first-order valence-corrected chi connectivity index (χ1v) is 7.04. The quantitative estimate of drug-likeness (QED) is 0.595. The molecule has 2 rings (SSSR count). The Morgan fingerprint density at radius 1 is 1.09 bits per heavy atom. The molecule has 120 valence electrons. The predicted octanol–water partition coefficient (Wildman–Crippen LogP) is 2.94. The smallest absolute Gasteiger partial charge is 0.314 e. The van der Waals surface area contributed by atoms with E-state index in [1.807, 2.05) is 0 Å². The monoisotopic (exact) mass is 334 g/mol. The minimum atomic E-state index is -0.906. The molecule has 0 saturated heterocycles. The van der Waals surface area contributed by atoms with Crippen LogP contribution in [-0.2, 0) is 9.59 Å².